The number of nitrogens with zero attached hydrogens (tertiary/aromatic N) is 2. The van der Waals surface area contributed by atoms with Gasteiger partial charge in [0.2, 0.25) is 28.6 Å². The Morgan fingerprint density at radius 1 is 0.878 bits per heavy atom. The highest BCUT2D eigenvalue weighted by molar-refractivity contribution is 6.34. The summed E-state index contributed by atoms with van der Waals surface area (Å²) in [5, 5.41) is 41.5. The summed E-state index contributed by atoms with van der Waals surface area (Å²) < 4.78 is 10.9. The number of esters is 2. The Balaban J connectivity index is 2.10. The number of allylic oxidation sites excluding steroid dienone is 4. The van der Waals surface area contributed by atoms with Gasteiger partial charge in [0.25, 0.3) is 0 Å². The minimum Gasteiger partial charge on any atom is -0.507 e. The molecule has 13 nitrogen and oxygen atoms in total. The molecule has 4 N–H and O–H groups in total. The van der Waals surface area contributed by atoms with Crippen LogP contribution in [0.4, 0.5) is 0 Å². The molecule has 1 aliphatic heterocycles. The average Bonchev–Trinajstić information content (AvgIpc) is 3.00. The molecular formula is C36H44N2O11. The third-order valence-electron chi connectivity index (χ3n) is 8.86. The summed E-state index contributed by atoms with van der Waals surface area (Å²) in [4.78, 5) is 73.4. The molecule has 0 saturated heterocycles. The summed E-state index contributed by atoms with van der Waals surface area (Å²) in [6.07, 6.45) is 5.87. The molecule has 1 aromatic heterocycles. The Labute approximate surface area is 284 Å². The van der Waals surface area contributed by atoms with Crippen molar-refractivity contribution < 1.29 is 53.9 Å². The number of hydrogen-bond donors (Lipinski definition) is 4. The molecule has 4 rings (SSSR count). The van der Waals surface area contributed by atoms with Crippen LogP contribution in [-0.4, -0.2) is 96.2 Å². The normalized spacial score (nSPS) is 23.4. The first-order valence-electron chi connectivity index (χ1n) is 16.3. The van der Waals surface area contributed by atoms with Crippen molar-refractivity contribution in [1.29, 1.82) is 0 Å². The van der Waals surface area contributed by atoms with Crippen LogP contribution < -0.4 is 0 Å². The number of aromatic nitrogens is 1. The maximum Gasteiger partial charge on any atom is 0.304 e. The van der Waals surface area contributed by atoms with Gasteiger partial charge in [-0.25, -0.2) is 0 Å². The minimum absolute atomic E-state index is 0.0507. The molecule has 0 fully saturated rings. The lowest BCUT2D eigenvalue weighted by Gasteiger charge is -2.40. The second kappa shape index (κ2) is 14.6. The van der Waals surface area contributed by atoms with E-state index >= 15 is 0 Å². The lowest BCUT2D eigenvalue weighted by molar-refractivity contribution is -0.167. The fourth-order valence-corrected chi connectivity index (χ4v) is 6.45. The zero-order chi connectivity index (χ0) is 36.4. The van der Waals surface area contributed by atoms with E-state index in [0.29, 0.717) is 49.9 Å². The van der Waals surface area contributed by atoms with Gasteiger partial charge in [0.15, 0.2) is 5.76 Å². The number of ketones is 3. The van der Waals surface area contributed by atoms with E-state index in [4.69, 9.17) is 9.47 Å². The van der Waals surface area contributed by atoms with Gasteiger partial charge >= 0.3 is 11.9 Å². The zero-order valence-corrected chi connectivity index (χ0v) is 28.7. The number of fused-ring (bicyclic) bond motifs is 2. The van der Waals surface area contributed by atoms with Crippen LogP contribution in [0.25, 0.3) is 5.57 Å². The Morgan fingerprint density at radius 3 is 2.04 bits per heavy atom. The third-order valence-corrected chi connectivity index (χ3v) is 8.86. The Hall–Kier alpha value is -4.46. The first-order valence-corrected chi connectivity index (χ1v) is 16.3. The number of aryl methyl sites for hydroxylation is 1. The number of aliphatic hydroxyl groups is 4. The fourth-order valence-electron chi connectivity index (χ4n) is 6.45. The van der Waals surface area contributed by atoms with E-state index in [1.165, 1.54) is 25.4 Å². The van der Waals surface area contributed by atoms with Gasteiger partial charge in [0.05, 0.1) is 18.8 Å². The summed E-state index contributed by atoms with van der Waals surface area (Å²) >= 11 is 0. The summed E-state index contributed by atoms with van der Waals surface area (Å²) in [5.41, 5.74) is -4.03. The van der Waals surface area contributed by atoms with E-state index in [2.05, 4.69) is 4.98 Å². The van der Waals surface area contributed by atoms with Gasteiger partial charge in [-0.05, 0) is 78.4 Å². The van der Waals surface area contributed by atoms with Gasteiger partial charge in [-0.2, -0.15) is 0 Å². The van der Waals surface area contributed by atoms with Crippen LogP contribution in [0.5, 0.6) is 0 Å². The van der Waals surface area contributed by atoms with E-state index in [1.54, 1.807) is 24.8 Å². The number of carbonyl (C=O) groups is 5. The Morgan fingerprint density at radius 2 is 1.47 bits per heavy atom. The van der Waals surface area contributed by atoms with Crippen LogP contribution in [0.15, 0.2) is 52.7 Å². The van der Waals surface area contributed by atoms with Crippen molar-refractivity contribution in [3.05, 3.63) is 69.5 Å². The van der Waals surface area contributed by atoms with Gasteiger partial charge in [-0.3, -0.25) is 29.0 Å². The van der Waals surface area contributed by atoms with Gasteiger partial charge in [-0.15, -0.1) is 0 Å². The lowest BCUT2D eigenvalue weighted by atomic mass is 9.68. The molecule has 2 heterocycles. The smallest absolute Gasteiger partial charge is 0.304 e. The highest BCUT2D eigenvalue weighted by atomic mass is 16.6. The molecule has 0 radical (unpaired) electrons. The van der Waals surface area contributed by atoms with Crippen LogP contribution in [0.2, 0.25) is 0 Å². The van der Waals surface area contributed by atoms with Crippen molar-refractivity contribution in [2.24, 2.45) is 0 Å². The predicted molar refractivity (Wildman–Crippen MR) is 176 cm³/mol. The quantitative estimate of drug-likeness (QED) is 0.175. The zero-order valence-electron chi connectivity index (χ0n) is 28.7. The van der Waals surface area contributed by atoms with Crippen LogP contribution in [0.1, 0.15) is 95.3 Å². The van der Waals surface area contributed by atoms with Crippen molar-refractivity contribution in [2.75, 3.05) is 13.2 Å². The molecule has 2 aliphatic carbocycles. The van der Waals surface area contributed by atoms with Crippen LogP contribution >= 0.6 is 0 Å². The standard InChI is InChI=1S/C36H44N2O11/c1-19(40)9-7-11-23-15-25-27(17-37-23)31(44)35(5,48-21(3)42)33(46)29(25)30-26-16-24(12-8-10-20(2)41)38(13-14-39)18-28(26)32(45)36(6,34(30)47)49-22(4)43/h15-20,39-41,46H,7-14H2,1-6H3. The number of carbonyl (C=O) groups excluding carboxylic acids is 5. The van der Waals surface area contributed by atoms with Gasteiger partial charge in [0, 0.05) is 77.6 Å². The number of rotatable bonds is 13. The molecule has 0 amide bonds. The predicted octanol–water partition coefficient (Wildman–Crippen LogP) is 2.97. The maximum atomic E-state index is 14.7. The molecule has 3 aliphatic rings. The molecule has 0 aromatic carbocycles. The van der Waals surface area contributed by atoms with Crippen molar-refractivity contribution >= 4 is 34.9 Å². The molecular weight excluding hydrogens is 636 g/mol. The highest BCUT2D eigenvalue weighted by Gasteiger charge is 2.57. The number of ether oxygens (including phenoxy) is 2. The molecule has 0 spiro atoms. The molecule has 4 atom stereocenters. The third kappa shape index (κ3) is 7.29. The van der Waals surface area contributed by atoms with Gasteiger partial charge < -0.3 is 34.8 Å². The maximum absolute atomic E-state index is 14.7. The van der Waals surface area contributed by atoms with E-state index in [1.807, 2.05) is 0 Å². The molecule has 0 saturated carbocycles. The van der Waals surface area contributed by atoms with Crippen molar-refractivity contribution in [3.8, 4) is 0 Å². The fraction of sp³-hybridized carbons (Fsp3) is 0.500. The van der Waals surface area contributed by atoms with Crippen molar-refractivity contribution in [3.63, 3.8) is 0 Å². The lowest BCUT2D eigenvalue weighted by Crippen LogP contribution is -2.53. The Bertz CT molecular complexity index is 1700. The van der Waals surface area contributed by atoms with Crippen molar-refractivity contribution in [2.45, 2.75) is 103 Å². The second-order valence-electron chi connectivity index (χ2n) is 13.1. The molecule has 1 aromatic rings. The number of β-amino-alcohol motifs (C(OH)–C–C–N with tert-alkyl or cyclic N) is 1. The number of aliphatic hydroxyl groups excluding tert-OH is 4. The monoisotopic (exact) mass is 680 g/mol. The van der Waals surface area contributed by atoms with Crippen LogP contribution in [0.3, 0.4) is 0 Å². The van der Waals surface area contributed by atoms with E-state index in [0.717, 1.165) is 20.8 Å². The summed E-state index contributed by atoms with van der Waals surface area (Å²) in [6.45, 7) is 7.56. The van der Waals surface area contributed by atoms with E-state index < -0.39 is 58.5 Å². The number of hydrogen-bond acceptors (Lipinski definition) is 13. The average molecular weight is 681 g/mol. The SMILES string of the molecule is CC(=O)OC1(C)C(=O)C2=CN(CCO)C(CCCC(C)O)=CC2=C(C2=C(O)C(C)(OC(C)=O)C(=O)c3cnc(CCCC(C)O)cc32)C1=O. The minimum atomic E-state index is -2.39. The molecule has 4 unspecified atom stereocenters. The summed E-state index contributed by atoms with van der Waals surface area (Å²) in [7, 11) is 0. The second-order valence-corrected chi connectivity index (χ2v) is 13.1. The highest BCUT2D eigenvalue weighted by Crippen LogP contribution is 2.48. The van der Waals surface area contributed by atoms with Gasteiger partial charge in [0.1, 0.15) is 0 Å². The summed E-state index contributed by atoms with van der Waals surface area (Å²) in [6, 6.07) is 1.53. The van der Waals surface area contributed by atoms with E-state index in [9.17, 15) is 44.4 Å². The molecule has 264 valence electrons. The van der Waals surface area contributed by atoms with E-state index in [-0.39, 0.29) is 46.6 Å². The molecule has 0 bridgehead atoms. The van der Waals surface area contributed by atoms with Crippen LogP contribution in [-0.2, 0) is 35.1 Å². The largest absolute Gasteiger partial charge is 0.507 e. The first kappa shape index (κ1) is 37.4. The van der Waals surface area contributed by atoms with Gasteiger partial charge in [-0.1, -0.05) is 0 Å². The molecule has 13 heteroatoms. The Kier molecular flexibility index (Phi) is 11.1. The van der Waals surface area contributed by atoms with Crippen LogP contribution in [0, 0.1) is 0 Å². The summed E-state index contributed by atoms with van der Waals surface area (Å²) in [5.74, 6) is -5.18. The first-order chi connectivity index (χ1) is 23.0. The topological polar surface area (TPSA) is 201 Å². The molecule has 49 heavy (non-hydrogen) atoms. The number of pyridine rings is 1. The van der Waals surface area contributed by atoms with Crippen molar-refractivity contribution in [1.82, 2.24) is 9.88 Å². The number of Topliss-reactive ketones (excluding diaryl/α,β-unsaturated/α-hetero) is 3.